The Hall–Kier alpha value is -3.46. The summed E-state index contributed by atoms with van der Waals surface area (Å²) in [6, 6.07) is 11.2. The van der Waals surface area contributed by atoms with Gasteiger partial charge in [-0.05, 0) is 61.7 Å². The van der Waals surface area contributed by atoms with E-state index in [1.807, 2.05) is 23.1 Å². The molecule has 2 heterocycles. The van der Waals surface area contributed by atoms with E-state index in [1.54, 1.807) is 4.90 Å². The van der Waals surface area contributed by atoms with E-state index in [-0.39, 0.29) is 29.5 Å². The molecule has 0 spiro atoms. The van der Waals surface area contributed by atoms with Gasteiger partial charge in [-0.1, -0.05) is 12.8 Å². The fraction of sp³-hybridized carbons (Fsp3) is 0.483. The number of hydrogen-bond donors (Lipinski definition) is 2. The highest BCUT2D eigenvalue weighted by atomic mass is 19.1. The molecule has 2 aromatic rings. The first-order valence-corrected chi connectivity index (χ1v) is 13.7. The third-order valence-corrected chi connectivity index (χ3v) is 7.85. The number of hydrogen-bond acceptors (Lipinski definition) is 5. The van der Waals surface area contributed by atoms with Gasteiger partial charge in [0, 0.05) is 69.4 Å². The molecule has 0 atom stereocenters. The second kappa shape index (κ2) is 11.9. The zero-order chi connectivity index (χ0) is 26.5. The SMILES string of the molecule is O=C(Nc1cc(C(=O)N2CCNCC2)ccc1N1CCCN(C(=O)c2ccc(F)cc2)CC1)C1CCCC1. The monoisotopic (exact) mass is 521 g/mol. The van der Waals surface area contributed by atoms with Gasteiger partial charge in [0.1, 0.15) is 5.82 Å². The van der Waals surface area contributed by atoms with Crippen molar-refractivity contribution in [2.24, 2.45) is 5.92 Å². The van der Waals surface area contributed by atoms with Crippen molar-refractivity contribution in [2.45, 2.75) is 32.1 Å². The Morgan fingerprint density at radius 2 is 1.42 bits per heavy atom. The van der Waals surface area contributed by atoms with Crippen LogP contribution in [0.5, 0.6) is 0 Å². The molecule has 3 fully saturated rings. The average Bonchev–Trinajstić information content (AvgIpc) is 3.39. The van der Waals surface area contributed by atoms with Crippen molar-refractivity contribution in [3.8, 4) is 0 Å². The molecule has 1 saturated carbocycles. The van der Waals surface area contributed by atoms with Crippen LogP contribution in [0.2, 0.25) is 0 Å². The van der Waals surface area contributed by atoms with Gasteiger partial charge < -0.3 is 25.3 Å². The predicted molar refractivity (Wildman–Crippen MR) is 145 cm³/mol. The number of carbonyl (C=O) groups is 3. The third-order valence-electron chi connectivity index (χ3n) is 7.85. The quantitative estimate of drug-likeness (QED) is 0.631. The van der Waals surface area contributed by atoms with Crippen molar-refractivity contribution in [3.63, 3.8) is 0 Å². The van der Waals surface area contributed by atoms with Crippen LogP contribution in [0.25, 0.3) is 0 Å². The Balaban J connectivity index is 1.35. The zero-order valence-corrected chi connectivity index (χ0v) is 21.8. The first kappa shape index (κ1) is 26.2. The van der Waals surface area contributed by atoms with Gasteiger partial charge in [0.2, 0.25) is 5.91 Å². The second-order valence-electron chi connectivity index (χ2n) is 10.4. The van der Waals surface area contributed by atoms with E-state index in [1.165, 1.54) is 24.3 Å². The van der Waals surface area contributed by atoms with Crippen LogP contribution < -0.4 is 15.5 Å². The number of rotatable bonds is 5. The molecule has 2 N–H and O–H groups in total. The molecule has 8 nitrogen and oxygen atoms in total. The van der Waals surface area contributed by atoms with Gasteiger partial charge in [0.25, 0.3) is 11.8 Å². The number of piperazine rings is 1. The maximum Gasteiger partial charge on any atom is 0.254 e. The molecular weight excluding hydrogens is 485 g/mol. The van der Waals surface area contributed by atoms with Crippen molar-refractivity contribution in [3.05, 3.63) is 59.4 Å². The summed E-state index contributed by atoms with van der Waals surface area (Å²) >= 11 is 0. The van der Waals surface area contributed by atoms with E-state index < -0.39 is 0 Å². The molecule has 2 saturated heterocycles. The third kappa shape index (κ3) is 5.99. The highest BCUT2D eigenvalue weighted by molar-refractivity contribution is 6.00. The molecule has 0 aromatic heterocycles. The maximum absolute atomic E-state index is 13.3. The Morgan fingerprint density at radius 1 is 0.763 bits per heavy atom. The Bertz CT molecular complexity index is 1160. The van der Waals surface area contributed by atoms with Crippen LogP contribution in [-0.2, 0) is 4.79 Å². The lowest BCUT2D eigenvalue weighted by atomic mass is 10.1. The predicted octanol–water partition coefficient (Wildman–Crippen LogP) is 3.35. The first-order chi connectivity index (χ1) is 18.5. The fourth-order valence-electron chi connectivity index (χ4n) is 5.65. The molecule has 0 unspecified atom stereocenters. The fourth-order valence-corrected chi connectivity index (χ4v) is 5.65. The van der Waals surface area contributed by atoms with E-state index >= 15 is 0 Å². The lowest BCUT2D eigenvalue weighted by molar-refractivity contribution is -0.119. The van der Waals surface area contributed by atoms with Gasteiger partial charge in [-0.2, -0.15) is 0 Å². The summed E-state index contributed by atoms with van der Waals surface area (Å²) in [5, 5.41) is 6.42. The molecule has 2 aliphatic heterocycles. The van der Waals surface area contributed by atoms with Crippen molar-refractivity contribution in [1.82, 2.24) is 15.1 Å². The molecule has 5 rings (SSSR count). The maximum atomic E-state index is 13.3. The van der Waals surface area contributed by atoms with Crippen LogP contribution >= 0.6 is 0 Å². The van der Waals surface area contributed by atoms with Crippen LogP contribution in [0.4, 0.5) is 15.8 Å². The normalized spacial score (nSPS) is 18.8. The molecule has 3 aliphatic rings. The van der Waals surface area contributed by atoms with Crippen LogP contribution in [-0.4, -0.2) is 79.9 Å². The van der Waals surface area contributed by atoms with E-state index in [4.69, 9.17) is 0 Å². The molecule has 202 valence electrons. The zero-order valence-electron chi connectivity index (χ0n) is 21.8. The highest BCUT2D eigenvalue weighted by Gasteiger charge is 2.27. The minimum absolute atomic E-state index is 0.00309. The molecule has 0 radical (unpaired) electrons. The largest absolute Gasteiger partial charge is 0.368 e. The molecule has 0 bridgehead atoms. The molecule has 9 heteroatoms. The van der Waals surface area contributed by atoms with Crippen molar-refractivity contribution in [1.29, 1.82) is 0 Å². The molecule has 2 aromatic carbocycles. The molecular formula is C29H36FN5O3. The summed E-state index contributed by atoms with van der Waals surface area (Å²) in [4.78, 5) is 45.2. The van der Waals surface area contributed by atoms with Crippen LogP contribution in [0.1, 0.15) is 52.8 Å². The number of amides is 3. The standard InChI is InChI=1S/C29H36FN5O3/c30-24-9-6-22(7-10-24)28(37)34-15-3-14-33(18-19-34)26-11-8-23(29(38)35-16-12-31-13-17-35)20-25(26)32-27(36)21-4-1-2-5-21/h6-11,20-21,31H,1-5,12-19H2,(H,32,36). The Kier molecular flexibility index (Phi) is 8.22. The van der Waals surface area contributed by atoms with Gasteiger partial charge in [-0.3, -0.25) is 14.4 Å². The number of halogens is 1. The van der Waals surface area contributed by atoms with Gasteiger partial charge in [0.15, 0.2) is 0 Å². The number of benzene rings is 2. The smallest absolute Gasteiger partial charge is 0.254 e. The van der Waals surface area contributed by atoms with Gasteiger partial charge >= 0.3 is 0 Å². The van der Waals surface area contributed by atoms with Gasteiger partial charge in [-0.15, -0.1) is 0 Å². The number of anilines is 2. The van der Waals surface area contributed by atoms with E-state index in [0.717, 1.165) is 50.9 Å². The highest BCUT2D eigenvalue weighted by Crippen LogP contribution is 2.32. The number of nitrogens with one attached hydrogen (secondary N) is 2. The van der Waals surface area contributed by atoms with E-state index in [2.05, 4.69) is 15.5 Å². The Labute approximate surface area is 223 Å². The topological polar surface area (TPSA) is 85.0 Å². The van der Waals surface area contributed by atoms with Crippen molar-refractivity contribution in [2.75, 3.05) is 62.6 Å². The lowest BCUT2D eigenvalue weighted by Gasteiger charge is -2.29. The lowest BCUT2D eigenvalue weighted by Crippen LogP contribution is -2.46. The summed E-state index contributed by atoms with van der Waals surface area (Å²) in [6.45, 7) is 5.27. The molecule has 38 heavy (non-hydrogen) atoms. The van der Waals surface area contributed by atoms with Crippen LogP contribution in [0.3, 0.4) is 0 Å². The van der Waals surface area contributed by atoms with E-state index in [9.17, 15) is 18.8 Å². The Morgan fingerprint density at radius 3 is 2.16 bits per heavy atom. The summed E-state index contributed by atoms with van der Waals surface area (Å²) in [5.74, 6) is -0.489. The average molecular weight is 522 g/mol. The summed E-state index contributed by atoms with van der Waals surface area (Å²) < 4.78 is 13.3. The number of carbonyl (C=O) groups excluding carboxylic acids is 3. The summed E-state index contributed by atoms with van der Waals surface area (Å²) in [5.41, 5.74) is 2.56. The second-order valence-corrected chi connectivity index (χ2v) is 10.4. The van der Waals surface area contributed by atoms with Gasteiger partial charge in [-0.25, -0.2) is 4.39 Å². The summed E-state index contributed by atoms with van der Waals surface area (Å²) in [7, 11) is 0. The van der Waals surface area contributed by atoms with E-state index in [0.29, 0.717) is 56.1 Å². The van der Waals surface area contributed by atoms with Crippen LogP contribution in [0.15, 0.2) is 42.5 Å². The summed E-state index contributed by atoms with van der Waals surface area (Å²) in [6.07, 6.45) is 4.67. The van der Waals surface area contributed by atoms with Crippen molar-refractivity contribution >= 4 is 29.1 Å². The van der Waals surface area contributed by atoms with Crippen LogP contribution in [0, 0.1) is 11.7 Å². The molecule has 1 aliphatic carbocycles. The molecule has 3 amide bonds. The minimum Gasteiger partial charge on any atom is -0.368 e. The van der Waals surface area contributed by atoms with Crippen molar-refractivity contribution < 1.29 is 18.8 Å². The minimum atomic E-state index is -0.366. The number of nitrogens with zero attached hydrogens (tertiary/aromatic N) is 3. The first-order valence-electron chi connectivity index (χ1n) is 13.7. The van der Waals surface area contributed by atoms with Gasteiger partial charge in [0.05, 0.1) is 11.4 Å².